The molecule has 0 unspecified atom stereocenters. The SMILES string of the molecule is COC(=O)CCCCCCCC=Cc1ccc(Cl)cc1. The number of benzene rings is 1. The highest BCUT2D eigenvalue weighted by Crippen LogP contribution is 2.12. The molecule has 2 nitrogen and oxygen atoms in total. The Bertz CT molecular complexity index is 410. The summed E-state index contributed by atoms with van der Waals surface area (Å²) in [7, 11) is 1.44. The maximum absolute atomic E-state index is 10.9. The molecule has 1 aromatic rings. The molecule has 1 rings (SSSR count). The Balaban J connectivity index is 1.99. The molecule has 0 aliphatic heterocycles. The van der Waals surface area contributed by atoms with Crippen LogP contribution in [0.5, 0.6) is 0 Å². The van der Waals surface area contributed by atoms with Crippen LogP contribution in [0.15, 0.2) is 30.3 Å². The lowest BCUT2D eigenvalue weighted by molar-refractivity contribution is -0.140. The van der Waals surface area contributed by atoms with Crippen molar-refractivity contribution in [2.24, 2.45) is 0 Å². The molecule has 3 heteroatoms. The summed E-state index contributed by atoms with van der Waals surface area (Å²) < 4.78 is 4.60. The molecule has 0 atom stereocenters. The van der Waals surface area contributed by atoms with Crippen LogP contribution < -0.4 is 0 Å². The van der Waals surface area contributed by atoms with Gasteiger partial charge in [-0.15, -0.1) is 0 Å². The maximum Gasteiger partial charge on any atom is 0.305 e. The molecule has 0 N–H and O–H groups in total. The van der Waals surface area contributed by atoms with Crippen molar-refractivity contribution in [1.29, 1.82) is 0 Å². The van der Waals surface area contributed by atoms with Crippen LogP contribution in [0.25, 0.3) is 6.08 Å². The Labute approximate surface area is 126 Å². The van der Waals surface area contributed by atoms with Crippen LogP contribution in [0.4, 0.5) is 0 Å². The first-order chi connectivity index (χ1) is 9.72. The van der Waals surface area contributed by atoms with E-state index in [4.69, 9.17) is 11.6 Å². The van der Waals surface area contributed by atoms with Crippen molar-refractivity contribution in [1.82, 2.24) is 0 Å². The van der Waals surface area contributed by atoms with Crippen LogP contribution >= 0.6 is 11.6 Å². The average molecular weight is 295 g/mol. The molecule has 0 saturated heterocycles. The van der Waals surface area contributed by atoms with E-state index in [0.29, 0.717) is 6.42 Å². The number of halogens is 1. The number of ether oxygens (including phenoxy) is 1. The molecule has 0 aliphatic carbocycles. The molecule has 0 amide bonds. The Morgan fingerprint density at radius 3 is 2.45 bits per heavy atom. The number of allylic oxidation sites excluding steroid dienone is 1. The minimum Gasteiger partial charge on any atom is -0.469 e. The number of rotatable bonds is 9. The normalized spacial score (nSPS) is 10.9. The zero-order chi connectivity index (χ0) is 14.6. The molecule has 0 spiro atoms. The lowest BCUT2D eigenvalue weighted by Crippen LogP contribution is -1.98. The molecule has 0 aromatic heterocycles. The second-order valence-electron chi connectivity index (χ2n) is 4.84. The van der Waals surface area contributed by atoms with E-state index in [2.05, 4.69) is 16.9 Å². The number of hydrogen-bond donors (Lipinski definition) is 0. The lowest BCUT2D eigenvalue weighted by Gasteiger charge is -2.00. The van der Waals surface area contributed by atoms with Gasteiger partial charge in [-0.3, -0.25) is 4.79 Å². The van der Waals surface area contributed by atoms with Gasteiger partial charge in [-0.05, 0) is 37.0 Å². The van der Waals surface area contributed by atoms with Crippen LogP contribution in [-0.4, -0.2) is 13.1 Å². The molecule has 20 heavy (non-hydrogen) atoms. The average Bonchev–Trinajstić information content (AvgIpc) is 2.47. The van der Waals surface area contributed by atoms with Crippen molar-refractivity contribution in [2.45, 2.75) is 44.9 Å². The third-order valence-electron chi connectivity index (χ3n) is 3.16. The highest BCUT2D eigenvalue weighted by Gasteiger charge is 1.98. The largest absolute Gasteiger partial charge is 0.469 e. The van der Waals surface area contributed by atoms with Gasteiger partial charge in [0, 0.05) is 11.4 Å². The predicted octanol–water partition coefficient (Wildman–Crippen LogP) is 5.26. The van der Waals surface area contributed by atoms with Crippen molar-refractivity contribution in [3.63, 3.8) is 0 Å². The fourth-order valence-corrected chi connectivity index (χ4v) is 2.08. The summed E-state index contributed by atoms with van der Waals surface area (Å²) in [5.41, 5.74) is 1.19. The predicted molar refractivity (Wildman–Crippen MR) is 84.8 cm³/mol. The third kappa shape index (κ3) is 8.00. The third-order valence-corrected chi connectivity index (χ3v) is 3.41. The Morgan fingerprint density at radius 1 is 1.10 bits per heavy atom. The molecule has 0 bridgehead atoms. The van der Waals surface area contributed by atoms with E-state index in [1.165, 1.54) is 31.9 Å². The summed E-state index contributed by atoms with van der Waals surface area (Å²) in [6.45, 7) is 0. The first kappa shape index (κ1) is 16.8. The minimum atomic E-state index is -0.101. The quantitative estimate of drug-likeness (QED) is 0.459. The van der Waals surface area contributed by atoms with Crippen LogP contribution in [0.1, 0.15) is 50.5 Å². The monoisotopic (exact) mass is 294 g/mol. The molecule has 0 radical (unpaired) electrons. The fourth-order valence-electron chi connectivity index (χ4n) is 1.96. The molecular weight excluding hydrogens is 272 g/mol. The Morgan fingerprint density at radius 2 is 1.75 bits per heavy atom. The van der Waals surface area contributed by atoms with Gasteiger partial charge in [-0.25, -0.2) is 0 Å². The van der Waals surface area contributed by atoms with E-state index < -0.39 is 0 Å². The van der Waals surface area contributed by atoms with E-state index in [1.54, 1.807) is 0 Å². The van der Waals surface area contributed by atoms with Gasteiger partial charge in [0.05, 0.1) is 7.11 Å². The summed E-state index contributed by atoms with van der Waals surface area (Å²) in [5.74, 6) is -0.101. The van der Waals surface area contributed by atoms with Gasteiger partial charge >= 0.3 is 5.97 Å². The number of esters is 1. The summed E-state index contributed by atoms with van der Waals surface area (Å²) >= 11 is 5.83. The van der Waals surface area contributed by atoms with E-state index in [9.17, 15) is 4.79 Å². The van der Waals surface area contributed by atoms with Gasteiger partial charge in [-0.2, -0.15) is 0 Å². The maximum atomic E-state index is 10.9. The number of carbonyl (C=O) groups excluding carboxylic acids is 1. The Kier molecular flexibility index (Phi) is 8.81. The molecule has 1 aromatic carbocycles. The number of methoxy groups -OCH3 is 1. The van der Waals surface area contributed by atoms with Crippen molar-refractivity contribution in [2.75, 3.05) is 7.11 Å². The summed E-state index contributed by atoms with van der Waals surface area (Å²) in [6, 6.07) is 7.85. The second kappa shape index (κ2) is 10.5. The van der Waals surface area contributed by atoms with E-state index in [1.807, 2.05) is 24.3 Å². The van der Waals surface area contributed by atoms with Crippen molar-refractivity contribution in [3.05, 3.63) is 40.9 Å². The summed E-state index contributed by atoms with van der Waals surface area (Å²) in [5, 5.41) is 0.772. The zero-order valence-electron chi connectivity index (χ0n) is 12.1. The number of hydrogen-bond acceptors (Lipinski definition) is 2. The second-order valence-corrected chi connectivity index (χ2v) is 5.27. The Hall–Kier alpha value is -1.28. The number of carbonyl (C=O) groups is 1. The molecular formula is C17H23ClO2. The van der Waals surface area contributed by atoms with E-state index in [0.717, 1.165) is 24.3 Å². The standard InChI is InChI=1S/C17H23ClO2/c1-20-17(19)10-8-6-4-2-3-5-7-9-15-11-13-16(18)14-12-15/h7,9,11-14H,2-6,8,10H2,1H3. The zero-order valence-corrected chi connectivity index (χ0v) is 12.9. The first-order valence-corrected chi connectivity index (χ1v) is 7.59. The molecule has 110 valence electrons. The summed E-state index contributed by atoms with van der Waals surface area (Å²) in [6.07, 6.45) is 11.6. The smallest absolute Gasteiger partial charge is 0.305 e. The van der Waals surface area contributed by atoms with Crippen molar-refractivity contribution >= 4 is 23.6 Å². The lowest BCUT2D eigenvalue weighted by atomic mass is 10.1. The van der Waals surface area contributed by atoms with Gasteiger partial charge in [-0.1, -0.05) is 55.1 Å². The molecule has 0 saturated carbocycles. The van der Waals surface area contributed by atoms with Crippen LogP contribution in [0.2, 0.25) is 5.02 Å². The number of unbranched alkanes of at least 4 members (excludes halogenated alkanes) is 5. The van der Waals surface area contributed by atoms with Crippen LogP contribution in [0, 0.1) is 0 Å². The summed E-state index contributed by atoms with van der Waals surface area (Å²) in [4.78, 5) is 10.9. The highest BCUT2D eigenvalue weighted by atomic mass is 35.5. The first-order valence-electron chi connectivity index (χ1n) is 7.21. The van der Waals surface area contributed by atoms with Gasteiger partial charge in [0.2, 0.25) is 0 Å². The van der Waals surface area contributed by atoms with Gasteiger partial charge in [0.1, 0.15) is 0 Å². The van der Waals surface area contributed by atoms with Crippen molar-refractivity contribution < 1.29 is 9.53 Å². The highest BCUT2D eigenvalue weighted by molar-refractivity contribution is 6.30. The van der Waals surface area contributed by atoms with E-state index >= 15 is 0 Å². The fraction of sp³-hybridized carbons (Fsp3) is 0.471. The molecule has 0 fully saturated rings. The van der Waals surface area contributed by atoms with E-state index in [-0.39, 0.29) is 5.97 Å². The van der Waals surface area contributed by atoms with Crippen molar-refractivity contribution in [3.8, 4) is 0 Å². The topological polar surface area (TPSA) is 26.3 Å². The minimum absolute atomic E-state index is 0.101. The van der Waals surface area contributed by atoms with Crippen LogP contribution in [-0.2, 0) is 9.53 Å². The molecule has 0 aliphatic rings. The van der Waals surface area contributed by atoms with Gasteiger partial charge < -0.3 is 4.74 Å². The van der Waals surface area contributed by atoms with Gasteiger partial charge in [0.15, 0.2) is 0 Å². The molecule has 0 heterocycles. The van der Waals surface area contributed by atoms with Crippen LogP contribution in [0.3, 0.4) is 0 Å². The van der Waals surface area contributed by atoms with Gasteiger partial charge in [0.25, 0.3) is 0 Å².